The van der Waals surface area contributed by atoms with Crippen molar-refractivity contribution in [3.8, 4) is 0 Å². The first-order valence-electron chi connectivity index (χ1n) is 6.35. The summed E-state index contributed by atoms with van der Waals surface area (Å²) in [5.74, 6) is 0.983. The summed E-state index contributed by atoms with van der Waals surface area (Å²) in [6, 6.07) is 0.175. The van der Waals surface area contributed by atoms with Crippen molar-refractivity contribution in [2.24, 2.45) is 5.92 Å². The average Bonchev–Trinajstić information content (AvgIpc) is 2.85. The van der Waals surface area contributed by atoms with E-state index in [0.29, 0.717) is 13.2 Å². The van der Waals surface area contributed by atoms with E-state index in [4.69, 9.17) is 4.74 Å². The van der Waals surface area contributed by atoms with Crippen molar-refractivity contribution >= 4 is 0 Å². The Labute approximate surface area is 92.2 Å². The van der Waals surface area contributed by atoms with Gasteiger partial charge in [-0.25, -0.2) is 0 Å². The number of nitrogens with one attached hydrogen (secondary N) is 1. The number of ether oxygens (including phenoxy) is 1. The monoisotopic (exact) mass is 213 g/mol. The second-order valence-corrected chi connectivity index (χ2v) is 4.96. The third-order valence-corrected chi connectivity index (χ3v) is 3.72. The zero-order valence-corrected chi connectivity index (χ0v) is 9.45. The van der Waals surface area contributed by atoms with Gasteiger partial charge in [-0.2, -0.15) is 0 Å². The van der Waals surface area contributed by atoms with Crippen LogP contribution < -0.4 is 5.32 Å². The van der Waals surface area contributed by atoms with E-state index in [1.807, 2.05) is 0 Å². The second-order valence-electron chi connectivity index (χ2n) is 4.96. The van der Waals surface area contributed by atoms with Gasteiger partial charge in [-0.1, -0.05) is 25.7 Å². The highest BCUT2D eigenvalue weighted by Crippen LogP contribution is 2.28. The van der Waals surface area contributed by atoms with Crippen LogP contribution in [0.15, 0.2) is 0 Å². The predicted octanol–water partition coefficient (Wildman–Crippen LogP) is 1.31. The number of hydrogen-bond acceptors (Lipinski definition) is 3. The fourth-order valence-corrected chi connectivity index (χ4v) is 2.72. The number of hydrogen-bond donors (Lipinski definition) is 2. The minimum absolute atomic E-state index is 0.175. The molecule has 2 rings (SSSR count). The fourth-order valence-electron chi connectivity index (χ4n) is 2.72. The molecule has 1 aliphatic heterocycles. The Balaban J connectivity index is 1.51. The van der Waals surface area contributed by atoms with Crippen molar-refractivity contribution in [3.63, 3.8) is 0 Å². The minimum Gasteiger partial charge on any atom is -0.389 e. The standard InChI is InChI=1S/C12H23NO2/c14-12-9-15-8-11(12)13-7-3-6-10-4-1-2-5-10/h10-14H,1-9H2. The summed E-state index contributed by atoms with van der Waals surface area (Å²) < 4.78 is 5.19. The predicted molar refractivity (Wildman–Crippen MR) is 59.8 cm³/mol. The zero-order chi connectivity index (χ0) is 10.5. The van der Waals surface area contributed by atoms with Crippen molar-refractivity contribution in [3.05, 3.63) is 0 Å². The van der Waals surface area contributed by atoms with Crippen LogP contribution in [0.5, 0.6) is 0 Å². The maximum absolute atomic E-state index is 9.51. The summed E-state index contributed by atoms with van der Waals surface area (Å²) in [5.41, 5.74) is 0. The summed E-state index contributed by atoms with van der Waals surface area (Å²) in [6.45, 7) is 2.20. The molecule has 1 heterocycles. The van der Waals surface area contributed by atoms with E-state index in [0.717, 1.165) is 12.5 Å². The summed E-state index contributed by atoms with van der Waals surface area (Å²) in [4.78, 5) is 0. The van der Waals surface area contributed by atoms with Gasteiger partial charge in [0.2, 0.25) is 0 Å². The molecule has 0 spiro atoms. The van der Waals surface area contributed by atoms with E-state index < -0.39 is 0 Å². The second kappa shape index (κ2) is 5.83. The summed E-state index contributed by atoms with van der Waals surface area (Å²) >= 11 is 0. The Morgan fingerprint density at radius 2 is 2.00 bits per heavy atom. The Bertz CT molecular complexity index is 180. The first kappa shape index (κ1) is 11.4. The van der Waals surface area contributed by atoms with Crippen LogP contribution in [0.1, 0.15) is 38.5 Å². The van der Waals surface area contributed by atoms with Crippen LogP contribution in [-0.2, 0) is 4.74 Å². The molecule has 15 heavy (non-hydrogen) atoms. The van der Waals surface area contributed by atoms with Crippen LogP contribution in [0.3, 0.4) is 0 Å². The van der Waals surface area contributed by atoms with Crippen molar-refractivity contribution in [2.45, 2.75) is 50.7 Å². The van der Waals surface area contributed by atoms with Gasteiger partial charge in [0.15, 0.2) is 0 Å². The lowest BCUT2D eigenvalue weighted by Gasteiger charge is -2.15. The molecule has 2 aliphatic rings. The van der Waals surface area contributed by atoms with E-state index in [9.17, 15) is 5.11 Å². The van der Waals surface area contributed by atoms with Crippen LogP contribution in [0.2, 0.25) is 0 Å². The quantitative estimate of drug-likeness (QED) is 0.677. The van der Waals surface area contributed by atoms with E-state index in [1.165, 1.54) is 38.5 Å². The normalized spacial score (nSPS) is 32.6. The topological polar surface area (TPSA) is 41.5 Å². The van der Waals surface area contributed by atoms with E-state index in [1.54, 1.807) is 0 Å². The first-order chi connectivity index (χ1) is 7.36. The summed E-state index contributed by atoms with van der Waals surface area (Å²) in [7, 11) is 0. The Morgan fingerprint density at radius 1 is 1.20 bits per heavy atom. The number of aliphatic hydroxyl groups excluding tert-OH is 1. The number of rotatable bonds is 5. The molecule has 0 aromatic rings. The average molecular weight is 213 g/mol. The SMILES string of the molecule is OC1COCC1NCCCC1CCCC1. The third kappa shape index (κ3) is 3.44. The van der Waals surface area contributed by atoms with Gasteiger partial charge in [0, 0.05) is 0 Å². The smallest absolute Gasteiger partial charge is 0.0948 e. The molecule has 1 aliphatic carbocycles. The molecule has 2 N–H and O–H groups in total. The summed E-state index contributed by atoms with van der Waals surface area (Å²) in [5, 5.41) is 12.9. The zero-order valence-electron chi connectivity index (χ0n) is 9.45. The van der Waals surface area contributed by atoms with Gasteiger partial charge in [0.1, 0.15) is 0 Å². The largest absolute Gasteiger partial charge is 0.389 e. The molecule has 88 valence electrons. The molecule has 2 unspecified atom stereocenters. The van der Waals surface area contributed by atoms with Gasteiger partial charge < -0.3 is 15.2 Å². The van der Waals surface area contributed by atoms with Crippen LogP contribution in [0.4, 0.5) is 0 Å². The van der Waals surface area contributed by atoms with Crippen molar-refractivity contribution in [1.82, 2.24) is 5.32 Å². The van der Waals surface area contributed by atoms with Gasteiger partial charge in [0.05, 0.1) is 25.4 Å². The van der Waals surface area contributed by atoms with Crippen LogP contribution >= 0.6 is 0 Å². The Morgan fingerprint density at radius 3 is 2.67 bits per heavy atom. The van der Waals surface area contributed by atoms with Crippen LogP contribution in [0.25, 0.3) is 0 Å². The molecular weight excluding hydrogens is 190 g/mol. The van der Waals surface area contributed by atoms with Gasteiger partial charge in [-0.05, 0) is 25.3 Å². The van der Waals surface area contributed by atoms with Gasteiger partial charge in [0.25, 0.3) is 0 Å². The van der Waals surface area contributed by atoms with Crippen LogP contribution in [0, 0.1) is 5.92 Å². The molecule has 2 fully saturated rings. The highest BCUT2D eigenvalue weighted by Gasteiger charge is 2.25. The highest BCUT2D eigenvalue weighted by molar-refractivity contribution is 4.80. The fraction of sp³-hybridized carbons (Fsp3) is 1.00. The lowest BCUT2D eigenvalue weighted by molar-refractivity contribution is 0.122. The molecule has 0 radical (unpaired) electrons. The van der Waals surface area contributed by atoms with Crippen molar-refractivity contribution in [1.29, 1.82) is 0 Å². The lowest BCUT2D eigenvalue weighted by atomic mass is 10.0. The molecule has 3 heteroatoms. The number of aliphatic hydroxyl groups is 1. The van der Waals surface area contributed by atoms with Gasteiger partial charge in [-0.3, -0.25) is 0 Å². The van der Waals surface area contributed by atoms with E-state index >= 15 is 0 Å². The van der Waals surface area contributed by atoms with Gasteiger partial charge >= 0.3 is 0 Å². The van der Waals surface area contributed by atoms with Crippen molar-refractivity contribution in [2.75, 3.05) is 19.8 Å². The molecule has 1 saturated carbocycles. The van der Waals surface area contributed by atoms with Crippen molar-refractivity contribution < 1.29 is 9.84 Å². The lowest BCUT2D eigenvalue weighted by Crippen LogP contribution is -2.39. The molecule has 0 amide bonds. The molecule has 0 bridgehead atoms. The Hall–Kier alpha value is -0.120. The molecule has 1 saturated heterocycles. The van der Waals surface area contributed by atoms with Crippen LogP contribution in [-0.4, -0.2) is 37.0 Å². The third-order valence-electron chi connectivity index (χ3n) is 3.72. The maximum atomic E-state index is 9.51. The Kier molecular flexibility index (Phi) is 4.42. The highest BCUT2D eigenvalue weighted by atomic mass is 16.5. The molecule has 0 aromatic heterocycles. The van der Waals surface area contributed by atoms with E-state index in [2.05, 4.69) is 5.32 Å². The minimum atomic E-state index is -0.295. The first-order valence-corrected chi connectivity index (χ1v) is 6.35. The van der Waals surface area contributed by atoms with E-state index in [-0.39, 0.29) is 12.1 Å². The molecular formula is C12H23NO2. The summed E-state index contributed by atoms with van der Waals surface area (Å²) in [6.07, 6.45) is 8.06. The molecule has 3 nitrogen and oxygen atoms in total. The maximum Gasteiger partial charge on any atom is 0.0948 e. The van der Waals surface area contributed by atoms with Gasteiger partial charge in [-0.15, -0.1) is 0 Å². The molecule has 0 aromatic carbocycles. The molecule has 2 atom stereocenters.